The molecule has 5 aromatic rings. The standard InChI is InChI=1S/C42H29N3O12/c1-42(2,3)44-34(46)30-18-8-24(20-32(30)35(44)47)40(52)56-26-10-4-22(5-11-26)38(50)54-28-14-16-29(17-15-28)55-39(51)23-6-12-27(13-7-23)57-41(53)25-9-19-31-33(21-25)37(49)45(43)36(31)48/h4-21H,43H2,1-3H3. The van der Waals surface area contributed by atoms with E-state index in [1.54, 1.807) is 20.8 Å². The minimum Gasteiger partial charge on any atom is -0.423 e. The van der Waals surface area contributed by atoms with E-state index in [-0.39, 0.29) is 67.5 Å². The van der Waals surface area contributed by atoms with E-state index in [0.717, 1.165) is 4.90 Å². The van der Waals surface area contributed by atoms with Crippen LogP contribution in [0, 0.1) is 0 Å². The highest BCUT2D eigenvalue weighted by Crippen LogP contribution is 2.31. The predicted molar refractivity (Wildman–Crippen MR) is 197 cm³/mol. The van der Waals surface area contributed by atoms with Gasteiger partial charge in [-0.05, 0) is 130 Å². The smallest absolute Gasteiger partial charge is 0.343 e. The predicted octanol–water partition coefficient (Wildman–Crippen LogP) is 5.43. The fraction of sp³-hybridized carbons (Fsp3) is 0.0952. The Morgan fingerprint density at radius 2 is 0.702 bits per heavy atom. The summed E-state index contributed by atoms with van der Waals surface area (Å²) in [6.07, 6.45) is 0. The summed E-state index contributed by atoms with van der Waals surface area (Å²) in [5.74, 6) is 0.600. The Kier molecular flexibility index (Phi) is 9.52. The van der Waals surface area contributed by atoms with Gasteiger partial charge in [0, 0.05) is 5.54 Å². The summed E-state index contributed by atoms with van der Waals surface area (Å²) in [7, 11) is 0. The van der Waals surface area contributed by atoms with Crippen molar-refractivity contribution < 1.29 is 57.3 Å². The normalized spacial score (nSPS) is 13.3. The molecule has 2 heterocycles. The van der Waals surface area contributed by atoms with Crippen LogP contribution in [0.3, 0.4) is 0 Å². The number of hydrogen-bond acceptors (Lipinski definition) is 13. The highest BCUT2D eigenvalue weighted by molar-refractivity contribution is 6.23. The average molecular weight is 768 g/mol. The molecule has 15 nitrogen and oxygen atoms in total. The lowest BCUT2D eigenvalue weighted by atomic mass is 10.1. The number of carbonyl (C=O) groups is 8. The Hall–Kier alpha value is -7.78. The van der Waals surface area contributed by atoms with Crippen LogP contribution in [-0.2, 0) is 0 Å². The number of fused-ring (bicyclic) bond motifs is 2. The summed E-state index contributed by atoms with van der Waals surface area (Å²) < 4.78 is 21.6. The molecule has 0 unspecified atom stereocenters. The van der Waals surface area contributed by atoms with Crippen LogP contribution in [0.4, 0.5) is 0 Å². The van der Waals surface area contributed by atoms with Crippen molar-refractivity contribution in [3.05, 3.63) is 154 Å². The van der Waals surface area contributed by atoms with E-state index in [1.807, 2.05) is 0 Å². The fourth-order valence-electron chi connectivity index (χ4n) is 5.92. The molecule has 57 heavy (non-hydrogen) atoms. The lowest BCUT2D eigenvalue weighted by Gasteiger charge is -2.29. The Labute approximate surface area is 323 Å². The molecule has 0 saturated carbocycles. The highest BCUT2D eigenvalue weighted by Gasteiger charge is 2.42. The van der Waals surface area contributed by atoms with Crippen molar-refractivity contribution in [2.75, 3.05) is 0 Å². The Bertz CT molecular complexity index is 2560. The van der Waals surface area contributed by atoms with Gasteiger partial charge in [-0.1, -0.05) is 0 Å². The summed E-state index contributed by atoms with van der Waals surface area (Å²) >= 11 is 0. The van der Waals surface area contributed by atoms with Crippen LogP contribution in [0.15, 0.2) is 109 Å². The molecule has 7 rings (SSSR count). The third kappa shape index (κ3) is 7.37. The van der Waals surface area contributed by atoms with E-state index in [0.29, 0.717) is 5.01 Å². The molecule has 0 bridgehead atoms. The lowest BCUT2D eigenvalue weighted by Crippen LogP contribution is -2.45. The monoisotopic (exact) mass is 767 g/mol. The van der Waals surface area contributed by atoms with Crippen molar-refractivity contribution in [1.82, 2.24) is 9.91 Å². The second-order valence-electron chi connectivity index (χ2n) is 13.7. The zero-order valence-electron chi connectivity index (χ0n) is 30.3. The molecule has 0 saturated heterocycles. The quantitative estimate of drug-likeness (QED) is 0.0689. The van der Waals surface area contributed by atoms with E-state index in [4.69, 9.17) is 24.8 Å². The zero-order chi connectivity index (χ0) is 40.8. The summed E-state index contributed by atoms with van der Waals surface area (Å²) in [6.45, 7) is 5.21. The van der Waals surface area contributed by atoms with Gasteiger partial charge < -0.3 is 18.9 Å². The summed E-state index contributed by atoms with van der Waals surface area (Å²) in [6, 6.07) is 24.8. The number of nitrogens with two attached hydrogens (primary N) is 1. The number of amides is 4. The second kappa shape index (κ2) is 14.5. The van der Waals surface area contributed by atoms with Gasteiger partial charge in [0.1, 0.15) is 23.0 Å². The zero-order valence-corrected chi connectivity index (χ0v) is 30.3. The van der Waals surface area contributed by atoms with Gasteiger partial charge in [-0.2, -0.15) is 0 Å². The third-order valence-electron chi connectivity index (χ3n) is 8.79. The summed E-state index contributed by atoms with van der Waals surface area (Å²) in [4.78, 5) is 102. The van der Waals surface area contributed by atoms with E-state index in [2.05, 4.69) is 0 Å². The first-order valence-corrected chi connectivity index (χ1v) is 17.1. The number of ether oxygens (including phenoxy) is 4. The maximum atomic E-state index is 12.9. The molecule has 0 spiro atoms. The number of benzene rings is 5. The largest absolute Gasteiger partial charge is 0.423 e. The van der Waals surface area contributed by atoms with Crippen molar-refractivity contribution in [2.45, 2.75) is 26.3 Å². The Morgan fingerprint density at radius 3 is 1.09 bits per heavy atom. The summed E-state index contributed by atoms with van der Waals surface area (Å²) in [5.41, 5.74) is -0.00332. The Morgan fingerprint density at radius 1 is 0.421 bits per heavy atom. The van der Waals surface area contributed by atoms with Crippen LogP contribution in [0.5, 0.6) is 23.0 Å². The van der Waals surface area contributed by atoms with E-state index in [9.17, 15) is 38.4 Å². The van der Waals surface area contributed by atoms with Gasteiger partial charge in [0.05, 0.1) is 44.5 Å². The SMILES string of the molecule is CC(C)(C)N1C(=O)c2ccc(C(=O)Oc3ccc(C(=O)Oc4ccc(OC(=O)c5ccc(OC(=O)c6ccc7c(c6)C(=O)N(N)C7=O)cc5)cc4)cc3)cc2C1=O. The molecule has 4 amide bonds. The van der Waals surface area contributed by atoms with E-state index in [1.165, 1.54) is 109 Å². The van der Waals surface area contributed by atoms with Crippen LogP contribution in [0.25, 0.3) is 0 Å². The number of esters is 4. The van der Waals surface area contributed by atoms with Gasteiger partial charge in [-0.25, -0.2) is 30.0 Å². The van der Waals surface area contributed by atoms with Gasteiger partial charge in [0.25, 0.3) is 23.6 Å². The third-order valence-corrected chi connectivity index (χ3v) is 8.79. The van der Waals surface area contributed by atoms with Crippen LogP contribution in [0.1, 0.15) is 104 Å². The highest BCUT2D eigenvalue weighted by atomic mass is 16.5. The van der Waals surface area contributed by atoms with Crippen LogP contribution < -0.4 is 24.8 Å². The van der Waals surface area contributed by atoms with Crippen LogP contribution in [-0.4, -0.2) is 63.0 Å². The van der Waals surface area contributed by atoms with Crippen LogP contribution >= 0.6 is 0 Å². The number of hydrazine groups is 1. The van der Waals surface area contributed by atoms with E-state index >= 15 is 0 Å². The first-order valence-electron chi connectivity index (χ1n) is 17.1. The van der Waals surface area contributed by atoms with Gasteiger partial charge >= 0.3 is 23.9 Å². The fourth-order valence-corrected chi connectivity index (χ4v) is 5.92. The molecular formula is C42H29N3O12. The first-order chi connectivity index (χ1) is 27.1. The molecule has 0 atom stereocenters. The lowest BCUT2D eigenvalue weighted by molar-refractivity contribution is 0.0504. The second-order valence-corrected chi connectivity index (χ2v) is 13.7. The molecule has 284 valence electrons. The number of carbonyl (C=O) groups excluding carboxylic acids is 8. The summed E-state index contributed by atoms with van der Waals surface area (Å²) in [5, 5.41) is 0.462. The number of rotatable bonds is 8. The maximum Gasteiger partial charge on any atom is 0.343 e. The van der Waals surface area contributed by atoms with Crippen molar-refractivity contribution in [3.63, 3.8) is 0 Å². The minimum atomic E-state index is -0.803. The van der Waals surface area contributed by atoms with Gasteiger partial charge in [0.15, 0.2) is 0 Å². The average Bonchev–Trinajstić information content (AvgIpc) is 3.58. The molecule has 0 aliphatic carbocycles. The molecule has 5 aromatic carbocycles. The Balaban J connectivity index is 0.900. The molecule has 0 aromatic heterocycles. The van der Waals surface area contributed by atoms with Gasteiger partial charge in [-0.15, -0.1) is 0 Å². The molecule has 2 N–H and O–H groups in total. The van der Waals surface area contributed by atoms with Gasteiger partial charge in [0.2, 0.25) is 0 Å². The molecule has 0 fully saturated rings. The minimum absolute atomic E-state index is 0.0148. The molecule has 15 heteroatoms. The first kappa shape index (κ1) is 37.5. The van der Waals surface area contributed by atoms with Crippen molar-refractivity contribution in [2.24, 2.45) is 5.84 Å². The molecular weight excluding hydrogens is 738 g/mol. The molecule has 0 radical (unpaired) electrons. The van der Waals surface area contributed by atoms with E-state index < -0.39 is 53.0 Å². The maximum absolute atomic E-state index is 12.9. The topological polar surface area (TPSA) is 206 Å². The number of imide groups is 2. The van der Waals surface area contributed by atoms with Crippen molar-refractivity contribution in [1.29, 1.82) is 0 Å². The van der Waals surface area contributed by atoms with Gasteiger partial charge in [-0.3, -0.25) is 24.1 Å². The number of hydrogen-bond donors (Lipinski definition) is 1. The van der Waals surface area contributed by atoms with Crippen molar-refractivity contribution >= 4 is 47.5 Å². The number of nitrogens with zero attached hydrogens (tertiary/aromatic N) is 2. The molecule has 2 aliphatic heterocycles. The molecule has 2 aliphatic rings. The van der Waals surface area contributed by atoms with Crippen LogP contribution in [0.2, 0.25) is 0 Å². The van der Waals surface area contributed by atoms with Crippen molar-refractivity contribution in [3.8, 4) is 23.0 Å².